The molecule has 16 heavy (non-hydrogen) atoms. The van der Waals surface area contributed by atoms with Gasteiger partial charge in [-0.05, 0) is 44.9 Å². The molecule has 90 valence electrons. The summed E-state index contributed by atoms with van der Waals surface area (Å²) in [5.74, 6) is 1.15. The predicted molar refractivity (Wildman–Crippen MR) is 62.8 cm³/mol. The lowest BCUT2D eigenvalue weighted by molar-refractivity contribution is -0.134. The molecule has 1 amide bonds. The summed E-state index contributed by atoms with van der Waals surface area (Å²) in [7, 11) is 0. The normalized spacial score (nSPS) is 34.2. The maximum atomic E-state index is 12.4. The Morgan fingerprint density at radius 1 is 1.50 bits per heavy atom. The SMILES string of the molecule is CCC1NC2(CC2)C(=O)N1C(C)C1CCC1. The summed E-state index contributed by atoms with van der Waals surface area (Å²) in [6.45, 7) is 4.42. The van der Waals surface area contributed by atoms with E-state index in [4.69, 9.17) is 0 Å². The largest absolute Gasteiger partial charge is 0.323 e. The summed E-state index contributed by atoms with van der Waals surface area (Å²) in [6.07, 6.45) is 7.41. The third-order valence-electron chi connectivity index (χ3n) is 4.83. The molecule has 2 aliphatic carbocycles. The average molecular weight is 222 g/mol. The number of carbonyl (C=O) groups is 1. The Hall–Kier alpha value is -0.570. The fourth-order valence-electron chi connectivity index (χ4n) is 3.24. The predicted octanol–water partition coefficient (Wildman–Crippen LogP) is 1.88. The first-order chi connectivity index (χ1) is 7.68. The number of amides is 1. The van der Waals surface area contributed by atoms with E-state index in [1.807, 2.05) is 0 Å². The van der Waals surface area contributed by atoms with E-state index in [1.54, 1.807) is 0 Å². The fraction of sp³-hybridized carbons (Fsp3) is 0.923. The first-order valence-electron chi connectivity index (χ1n) is 6.78. The van der Waals surface area contributed by atoms with Gasteiger partial charge in [0, 0.05) is 6.04 Å². The number of nitrogens with zero attached hydrogens (tertiary/aromatic N) is 1. The molecule has 3 rings (SSSR count). The Morgan fingerprint density at radius 3 is 2.62 bits per heavy atom. The summed E-state index contributed by atoms with van der Waals surface area (Å²) in [6, 6.07) is 0.443. The Kier molecular flexibility index (Phi) is 2.29. The topological polar surface area (TPSA) is 32.3 Å². The van der Waals surface area contributed by atoms with Gasteiger partial charge in [0.05, 0.1) is 11.7 Å². The number of hydrogen-bond acceptors (Lipinski definition) is 2. The molecule has 0 aromatic heterocycles. The van der Waals surface area contributed by atoms with Crippen LogP contribution in [0, 0.1) is 5.92 Å². The van der Waals surface area contributed by atoms with Gasteiger partial charge in [0.1, 0.15) is 0 Å². The van der Waals surface area contributed by atoms with Crippen molar-refractivity contribution in [3.63, 3.8) is 0 Å². The molecule has 1 spiro atoms. The zero-order chi connectivity index (χ0) is 11.3. The van der Waals surface area contributed by atoms with Crippen LogP contribution in [0.1, 0.15) is 52.4 Å². The van der Waals surface area contributed by atoms with Gasteiger partial charge < -0.3 is 4.90 Å². The number of nitrogens with one attached hydrogen (secondary N) is 1. The van der Waals surface area contributed by atoms with Crippen LogP contribution in [-0.2, 0) is 4.79 Å². The molecule has 0 aromatic carbocycles. The first kappa shape index (κ1) is 10.6. The van der Waals surface area contributed by atoms with Crippen LogP contribution in [0.3, 0.4) is 0 Å². The second kappa shape index (κ2) is 3.46. The lowest BCUT2D eigenvalue weighted by Gasteiger charge is -2.39. The molecule has 2 atom stereocenters. The van der Waals surface area contributed by atoms with Crippen molar-refractivity contribution in [2.75, 3.05) is 0 Å². The molecule has 1 saturated heterocycles. The van der Waals surface area contributed by atoms with E-state index in [0.29, 0.717) is 18.1 Å². The zero-order valence-corrected chi connectivity index (χ0v) is 10.3. The van der Waals surface area contributed by atoms with Gasteiger partial charge in [-0.25, -0.2) is 0 Å². The van der Waals surface area contributed by atoms with Gasteiger partial charge in [0.2, 0.25) is 5.91 Å². The molecule has 3 aliphatic rings. The fourth-order valence-corrected chi connectivity index (χ4v) is 3.24. The average Bonchev–Trinajstić information content (AvgIpc) is 2.88. The molecule has 3 nitrogen and oxygen atoms in total. The number of rotatable bonds is 3. The van der Waals surface area contributed by atoms with Gasteiger partial charge in [-0.3, -0.25) is 10.1 Å². The van der Waals surface area contributed by atoms with E-state index in [-0.39, 0.29) is 5.54 Å². The van der Waals surface area contributed by atoms with Gasteiger partial charge in [0.25, 0.3) is 0 Å². The maximum Gasteiger partial charge on any atom is 0.244 e. The molecular weight excluding hydrogens is 200 g/mol. The van der Waals surface area contributed by atoms with Crippen molar-refractivity contribution >= 4 is 5.91 Å². The lowest BCUT2D eigenvalue weighted by atomic mass is 9.79. The molecule has 3 fully saturated rings. The van der Waals surface area contributed by atoms with Gasteiger partial charge in [0.15, 0.2) is 0 Å². The Morgan fingerprint density at radius 2 is 2.19 bits per heavy atom. The van der Waals surface area contributed by atoms with Gasteiger partial charge in [-0.15, -0.1) is 0 Å². The molecule has 0 aromatic rings. The third kappa shape index (κ3) is 1.33. The molecule has 0 bridgehead atoms. The van der Waals surface area contributed by atoms with Crippen LogP contribution in [0.5, 0.6) is 0 Å². The van der Waals surface area contributed by atoms with E-state index in [2.05, 4.69) is 24.1 Å². The van der Waals surface area contributed by atoms with Crippen LogP contribution in [0.25, 0.3) is 0 Å². The third-order valence-corrected chi connectivity index (χ3v) is 4.83. The second-order valence-electron chi connectivity index (χ2n) is 5.79. The Labute approximate surface area is 97.6 Å². The summed E-state index contributed by atoms with van der Waals surface area (Å²) in [4.78, 5) is 14.6. The zero-order valence-electron chi connectivity index (χ0n) is 10.3. The minimum absolute atomic E-state index is 0.126. The van der Waals surface area contributed by atoms with Crippen LogP contribution in [-0.4, -0.2) is 28.6 Å². The summed E-state index contributed by atoms with van der Waals surface area (Å²) in [5.41, 5.74) is -0.126. The highest BCUT2D eigenvalue weighted by atomic mass is 16.2. The molecule has 0 radical (unpaired) electrons. The second-order valence-corrected chi connectivity index (χ2v) is 5.79. The van der Waals surface area contributed by atoms with Crippen LogP contribution < -0.4 is 5.32 Å². The highest BCUT2D eigenvalue weighted by Gasteiger charge is 2.59. The van der Waals surface area contributed by atoms with Crippen molar-refractivity contribution in [2.45, 2.75) is 70.1 Å². The molecule has 3 heteroatoms. The van der Waals surface area contributed by atoms with Crippen molar-refractivity contribution in [3.05, 3.63) is 0 Å². The van der Waals surface area contributed by atoms with Gasteiger partial charge >= 0.3 is 0 Å². The molecule has 2 saturated carbocycles. The van der Waals surface area contributed by atoms with E-state index in [1.165, 1.54) is 19.3 Å². The van der Waals surface area contributed by atoms with Crippen molar-refractivity contribution in [3.8, 4) is 0 Å². The van der Waals surface area contributed by atoms with Crippen molar-refractivity contribution < 1.29 is 4.79 Å². The van der Waals surface area contributed by atoms with Crippen LogP contribution in [0.2, 0.25) is 0 Å². The minimum Gasteiger partial charge on any atom is -0.323 e. The highest BCUT2D eigenvalue weighted by Crippen LogP contribution is 2.45. The first-order valence-corrected chi connectivity index (χ1v) is 6.78. The Bertz CT molecular complexity index is 307. The summed E-state index contributed by atoms with van der Waals surface area (Å²) >= 11 is 0. The van der Waals surface area contributed by atoms with Crippen LogP contribution >= 0.6 is 0 Å². The van der Waals surface area contributed by atoms with E-state index >= 15 is 0 Å². The molecule has 1 aliphatic heterocycles. The maximum absolute atomic E-state index is 12.4. The summed E-state index contributed by atoms with van der Waals surface area (Å²) < 4.78 is 0. The van der Waals surface area contributed by atoms with Crippen LogP contribution in [0.15, 0.2) is 0 Å². The monoisotopic (exact) mass is 222 g/mol. The Balaban J connectivity index is 1.78. The summed E-state index contributed by atoms with van der Waals surface area (Å²) in [5, 5.41) is 3.55. The molecule has 2 unspecified atom stereocenters. The molecular formula is C13H22N2O. The lowest BCUT2D eigenvalue weighted by Crippen LogP contribution is -2.47. The van der Waals surface area contributed by atoms with Gasteiger partial charge in [-0.1, -0.05) is 13.3 Å². The van der Waals surface area contributed by atoms with Crippen molar-refractivity contribution in [2.24, 2.45) is 5.92 Å². The van der Waals surface area contributed by atoms with Crippen molar-refractivity contribution in [1.29, 1.82) is 0 Å². The van der Waals surface area contributed by atoms with Gasteiger partial charge in [-0.2, -0.15) is 0 Å². The smallest absolute Gasteiger partial charge is 0.244 e. The standard InChI is InChI=1S/C13H22N2O/c1-3-11-14-13(7-8-13)12(16)15(11)9(2)10-5-4-6-10/h9-11,14H,3-8H2,1-2H3. The van der Waals surface area contributed by atoms with E-state index < -0.39 is 0 Å². The van der Waals surface area contributed by atoms with E-state index in [0.717, 1.165) is 25.2 Å². The molecule has 1 heterocycles. The van der Waals surface area contributed by atoms with Crippen LogP contribution in [0.4, 0.5) is 0 Å². The number of hydrogen-bond donors (Lipinski definition) is 1. The quantitative estimate of drug-likeness (QED) is 0.790. The number of carbonyl (C=O) groups excluding carboxylic acids is 1. The van der Waals surface area contributed by atoms with E-state index in [9.17, 15) is 4.79 Å². The minimum atomic E-state index is -0.126. The van der Waals surface area contributed by atoms with Crippen molar-refractivity contribution in [1.82, 2.24) is 10.2 Å². The molecule has 1 N–H and O–H groups in total. The highest BCUT2D eigenvalue weighted by molar-refractivity contribution is 5.92.